The molecule has 0 aliphatic heterocycles. The highest BCUT2D eigenvalue weighted by Gasteiger charge is 2.15. The Hall–Kier alpha value is -1.98. The maximum absolute atomic E-state index is 10.5. The number of carbonyl (C=O) groups is 1. The standard InChI is InChI=1S/C7H6N2O4/c1-5(10)13-7-4-8-3-2-6(7)9(11)12/h2-4H,1H3. The van der Waals surface area contributed by atoms with Gasteiger partial charge in [0, 0.05) is 19.2 Å². The van der Waals surface area contributed by atoms with Crippen LogP contribution in [0.1, 0.15) is 6.92 Å². The molecule has 0 bridgehead atoms. The smallest absolute Gasteiger partial charge is 0.314 e. The Kier molecular flexibility index (Phi) is 2.53. The van der Waals surface area contributed by atoms with E-state index >= 15 is 0 Å². The predicted molar refractivity (Wildman–Crippen MR) is 42.2 cm³/mol. The van der Waals surface area contributed by atoms with Crippen molar-refractivity contribution >= 4 is 11.7 Å². The highest BCUT2D eigenvalue weighted by Crippen LogP contribution is 2.24. The third kappa shape index (κ3) is 2.22. The molecule has 1 heterocycles. The minimum atomic E-state index is -0.639. The summed E-state index contributed by atoms with van der Waals surface area (Å²) in [5.41, 5.74) is -0.273. The van der Waals surface area contributed by atoms with Gasteiger partial charge in [-0.25, -0.2) is 0 Å². The molecule has 0 aromatic carbocycles. The fraction of sp³-hybridized carbons (Fsp3) is 0.143. The van der Waals surface area contributed by atoms with Crippen molar-refractivity contribution in [3.63, 3.8) is 0 Å². The summed E-state index contributed by atoms with van der Waals surface area (Å²) in [6, 6.07) is 1.16. The molecule has 0 saturated carbocycles. The molecule has 0 N–H and O–H groups in total. The van der Waals surface area contributed by atoms with E-state index < -0.39 is 10.9 Å². The van der Waals surface area contributed by atoms with Crippen molar-refractivity contribution in [2.75, 3.05) is 0 Å². The van der Waals surface area contributed by atoms with Gasteiger partial charge in [0.25, 0.3) is 0 Å². The molecule has 0 saturated heterocycles. The van der Waals surface area contributed by atoms with Crippen LogP contribution in [0.3, 0.4) is 0 Å². The Labute approximate surface area is 73.3 Å². The van der Waals surface area contributed by atoms with Crippen molar-refractivity contribution in [3.8, 4) is 5.75 Å². The Morgan fingerprint density at radius 2 is 2.38 bits per heavy atom. The van der Waals surface area contributed by atoms with Gasteiger partial charge in [-0.1, -0.05) is 0 Å². The lowest BCUT2D eigenvalue weighted by atomic mass is 10.4. The first-order chi connectivity index (χ1) is 6.11. The van der Waals surface area contributed by atoms with E-state index in [2.05, 4.69) is 9.72 Å². The molecular formula is C7H6N2O4. The van der Waals surface area contributed by atoms with Gasteiger partial charge in [0.1, 0.15) is 0 Å². The van der Waals surface area contributed by atoms with Gasteiger partial charge in [0.2, 0.25) is 5.75 Å². The fourth-order valence-corrected chi connectivity index (χ4v) is 0.757. The SMILES string of the molecule is CC(=O)Oc1cnccc1[N+](=O)[O-]. The van der Waals surface area contributed by atoms with E-state index in [-0.39, 0.29) is 11.4 Å². The number of esters is 1. The van der Waals surface area contributed by atoms with Crippen molar-refractivity contribution in [3.05, 3.63) is 28.6 Å². The van der Waals surface area contributed by atoms with Crippen molar-refractivity contribution < 1.29 is 14.5 Å². The maximum atomic E-state index is 10.5. The third-order valence-corrected chi connectivity index (χ3v) is 1.21. The first-order valence-corrected chi connectivity index (χ1v) is 3.38. The molecule has 68 valence electrons. The Morgan fingerprint density at radius 3 is 2.92 bits per heavy atom. The molecule has 0 unspecified atom stereocenters. The molecule has 0 aliphatic carbocycles. The number of ether oxygens (including phenoxy) is 1. The van der Waals surface area contributed by atoms with Crippen LogP contribution in [0.5, 0.6) is 5.75 Å². The zero-order chi connectivity index (χ0) is 9.84. The molecule has 13 heavy (non-hydrogen) atoms. The van der Waals surface area contributed by atoms with E-state index in [9.17, 15) is 14.9 Å². The molecule has 6 nitrogen and oxygen atoms in total. The van der Waals surface area contributed by atoms with Crippen molar-refractivity contribution in [2.24, 2.45) is 0 Å². The van der Waals surface area contributed by atoms with Gasteiger partial charge in [-0.15, -0.1) is 0 Å². The van der Waals surface area contributed by atoms with Crippen LogP contribution >= 0.6 is 0 Å². The molecule has 6 heteroatoms. The van der Waals surface area contributed by atoms with Crippen LogP contribution in [0.15, 0.2) is 18.5 Å². The molecule has 0 aliphatic rings. The number of hydrogen-bond donors (Lipinski definition) is 0. The van der Waals surface area contributed by atoms with Crippen LogP contribution in [0.25, 0.3) is 0 Å². The van der Waals surface area contributed by atoms with Crippen LogP contribution in [0.4, 0.5) is 5.69 Å². The zero-order valence-corrected chi connectivity index (χ0v) is 6.76. The molecule has 0 fully saturated rings. The van der Waals surface area contributed by atoms with Crippen molar-refractivity contribution in [2.45, 2.75) is 6.92 Å². The summed E-state index contributed by atoms with van der Waals surface area (Å²) in [7, 11) is 0. The van der Waals surface area contributed by atoms with Gasteiger partial charge >= 0.3 is 11.7 Å². The van der Waals surface area contributed by atoms with Crippen LogP contribution < -0.4 is 4.74 Å². The number of carbonyl (C=O) groups excluding carboxylic acids is 1. The lowest BCUT2D eigenvalue weighted by molar-refractivity contribution is -0.385. The molecule has 0 spiro atoms. The summed E-state index contributed by atoms with van der Waals surface area (Å²) < 4.78 is 4.56. The Morgan fingerprint density at radius 1 is 1.69 bits per heavy atom. The second-order valence-corrected chi connectivity index (χ2v) is 2.19. The summed E-state index contributed by atoms with van der Waals surface area (Å²) in [5, 5.41) is 10.4. The second-order valence-electron chi connectivity index (χ2n) is 2.19. The van der Waals surface area contributed by atoms with Gasteiger partial charge in [0.15, 0.2) is 0 Å². The van der Waals surface area contributed by atoms with Gasteiger partial charge in [-0.3, -0.25) is 19.9 Å². The number of aromatic nitrogens is 1. The summed E-state index contributed by atoms with van der Waals surface area (Å²) >= 11 is 0. The molecule has 1 aromatic rings. The third-order valence-electron chi connectivity index (χ3n) is 1.21. The van der Waals surface area contributed by atoms with Crippen LogP contribution in [-0.2, 0) is 4.79 Å². The van der Waals surface area contributed by atoms with Gasteiger partial charge < -0.3 is 4.74 Å². The lowest BCUT2D eigenvalue weighted by Crippen LogP contribution is -2.04. The topological polar surface area (TPSA) is 82.3 Å². The molecular weight excluding hydrogens is 176 g/mol. The van der Waals surface area contributed by atoms with Crippen LogP contribution in [0.2, 0.25) is 0 Å². The van der Waals surface area contributed by atoms with E-state index in [4.69, 9.17) is 0 Å². The van der Waals surface area contributed by atoms with E-state index in [1.807, 2.05) is 0 Å². The highest BCUT2D eigenvalue weighted by molar-refractivity contribution is 5.70. The zero-order valence-electron chi connectivity index (χ0n) is 6.76. The first-order valence-electron chi connectivity index (χ1n) is 3.38. The highest BCUT2D eigenvalue weighted by atomic mass is 16.6. The average Bonchev–Trinajstić information content (AvgIpc) is 2.03. The molecule has 1 rings (SSSR count). The summed E-state index contributed by atoms with van der Waals surface area (Å²) in [4.78, 5) is 23.9. The molecule has 1 aromatic heterocycles. The number of rotatable bonds is 2. The number of pyridine rings is 1. The Bertz CT molecular complexity index is 350. The molecule has 0 atom stereocenters. The normalized spacial score (nSPS) is 9.31. The lowest BCUT2D eigenvalue weighted by Gasteiger charge is -1.99. The van der Waals surface area contributed by atoms with Gasteiger partial charge in [0.05, 0.1) is 11.1 Å². The largest absolute Gasteiger partial charge is 0.418 e. The fourth-order valence-electron chi connectivity index (χ4n) is 0.757. The van der Waals surface area contributed by atoms with Crippen molar-refractivity contribution in [1.82, 2.24) is 4.98 Å². The summed E-state index contributed by atoms with van der Waals surface area (Å²) in [6.45, 7) is 1.16. The number of nitrogens with zero attached hydrogens (tertiary/aromatic N) is 2. The number of hydrogen-bond acceptors (Lipinski definition) is 5. The number of nitro groups is 1. The van der Waals surface area contributed by atoms with E-state index in [1.54, 1.807) is 0 Å². The molecule has 0 amide bonds. The van der Waals surface area contributed by atoms with E-state index in [0.717, 1.165) is 19.2 Å². The first kappa shape index (κ1) is 9.11. The van der Waals surface area contributed by atoms with E-state index in [1.165, 1.54) is 6.20 Å². The quantitative estimate of drug-likeness (QED) is 0.385. The molecule has 0 radical (unpaired) electrons. The summed E-state index contributed by atoms with van der Waals surface area (Å²) in [5.74, 6) is -0.754. The predicted octanol–water partition coefficient (Wildman–Crippen LogP) is 0.915. The average molecular weight is 182 g/mol. The Balaban J connectivity index is 3.04. The second kappa shape index (κ2) is 3.61. The summed E-state index contributed by atoms with van der Waals surface area (Å²) in [6.07, 6.45) is 2.38. The van der Waals surface area contributed by atoms with E-state index in [0.29, 0.717) is 0 Å². The maximum Gasteiger partial charge on any atom is 0.314 e. The minimum absolute atomic E-state index is 0.139. The van der Waals surface area contributed by atoms with Crippen LogP contribution in [-0.4, -0.2) is 15.9 Å². The van der Waals surface area contributed by atoms with Crippen molar-refractivity contribution in [1.29, 1.82) is 0 Å². The van der Waals surface area contributed by atoms with Gasteiger partial charge in [-0.2, -0.15) is 0 Å². The monoisotopic (exact) mass is 182 g/mol. The van der Waals surface area contributed by atoms with Gasteiger partial charge in [-0.05, 0) is 0 Å². The van der Waals surface area contributed by atoms with Crippen LogP contribution in [0, 0.1) is 10.1 Å². The minimum Gasteiger partial charge on any atom is -0.418 e.